The maximum Gasteiger partial charge on any atom is 0.238 e. The number of hydrogen-bond donors (Lipinski definition) is 2. The molecule has 0 bridgehead atoms. The largest absolute Gasteiger partial charge is 0.350 e. The smallest absolute Gasteiger partial charge is 0.238 e. The van der Waals surface area contributed by atoms with Gasteiger partial charge in [0.15, 0.2) is 0 Å². The number of hydrogen-bond acceptors (Lipinski definition) is 4. The molecule has 0 atom stereocenters. The van der Waals surface area contributed by atoms with E-state index in [0.29, 0.717) is 12.2 Å². The minimum atomic E-state index is -0.375. The molecule has 29 heavy (non-hydrogen) atoms. The molecule has 1 heterocycles. The van der Waals surface area contributed by atoms with E-state index >= 15 is 0 Å². The summed E-state index contributed by atoms with van der Waals surface area (Å²) in [5.74, 6) is -0.498. The number of carbonyl (C=O) groups is 2. The van der Waals surface area contributed by atoms with Crippen molar-refractivity contribution in [3.63, 3.8) is 0 Å². The highest BCUT2D eigenvalue weighted by Gasteiger charge is 2.28. The maximum atomic E-state index is 13.2. The molecular formula is C22H35FN4O2. The molecule has 2 amide bonds. The molecule has 2 N–H and O–H groups in total. The van der Waals surface area contributed by atoms with Gasteiger partial charge in [0, 0.05) is 37.4 Å². The van der Waals surface area contributed by atoms with Crippen molar-refractivity contribution >= 4 is 17.5 Å². The van der Waals surface area contributed by atoms with Gasteiger partial charge in [0.05, 0.1) is 13.1 Å². The zero-order valence-electron chi connectivity index (χ0n) is 18.3. The highest BCUT2D eigenvalue weighted by molar-refractivity contribution is 5.92. The minimum Gasteiger partial charge on any atom is -0.350 e. The fourth-order valence-electron chi connectivity index (χ4n) is 4.07. The van der Waals surface area contributed by atoms with Gasteiger partial charge in [-0.1, -0.05) is 26.8 Å². The van der Waals surface area contributed by atoms with E-state index < -0.39 is 0 Å². The SMILES string of the molecule is CC(C)(C)CC(C)(C)NC(=O)CN1CCN(CC(=O)Nc2cccc(F)c2)CC1. The van der Waals surface area contributed by atoms with Crippen molar-refractivity contribution in [2.45, 2.75) is 46.6 Å². The third kappa shape index (κ3) is 8.92. The third-order valence-electron chi connectivity index (χ3n) is 4.76. The lowest BCUT2D eigenvalue weighted by atomic mass is 9.82. The Morgan fingerprint density at radius 2 is 1.52 bits per heavy atom. The van der Waals surface area contributed by atoms with Gasteiger partial charge in [-0.2, -0.15) is 0 Å². The number of piperazine rings is 1. The van der Waals surface area contributed by atoms with Crippen molar-refractivity contribution in [2.24, 2.45) is 5.41 Å². The summed E-state index contributed by atoms with van der Waals surface area (Å²) in [5.41, 5.74) is 0.365. The molecule has 0 saturated carbocycles. The Kier molecular flexibility index (Phi) is 7.77. The Labute approximate surface area is 173 Å². The Morgan fingerprint density at radius 1 is 0.966 bits per heavy atom. The number of nitrogens with zero attached hydrogens (tertiary/aromatic N) is 2. The molecule has 1 aromatic rings. The monoisotopic (exact) mass is 406 g/mol. The molecule has 1 aromatic carbocycles. The molecule has 162 valence electrons. The molecule has 0 spiro atoms. The van der Waals surface area contributed by atoms with Gasteiger partial charge in [-0.3, -0.25) is 19.4 Å². The minimum absolute atomic E-state index is 0.0385. The molecular weight excluding hydrogens is 371 g/mol. The Morgan fingerprint density at radius 3 is 2.03 bits per heavy atom. The molecule has 0 radical (unpaired) electrons. The van der Waals surface area contributed by atoms with Crippen molar-refractivity contribution in [1.82, 2.24) is 15.1 Å². The lowest BCUT2D eigenvalue weighted by Gasteiger charge is -2.36. The first-order valence-electron chi connectivity index (χ1n) is 10.2. The van der Waals surface area contributed by atoms with Crippen LogP contribution < -0.4 is 10.6 Å². The lowest BCUT2D eigenvalue weighted by molar-refractivity contribution is -0.125. The zero-order valence-corrected chi connectivity index (χ0v) is 18.3. The summed E-state index contributed by atoms with van der Waals surface area (Å²) in [4.78, 5) is 28.8. The Balaban J connectivity index is 1.72. The average molecular weight is 407 g/mol. The van der Waals surface area contributed by atoms with Gasteiger partial charge < -0.3 is 10.6 Å². The first kappa shape index (κ1) is 23.3. The van der Waals surface area contributed by atoms with Crippen LogP contribution in [0.5, 0.6) is 0 Å². The van der Waals surface area contributed by atoms with Crippen LogP contribution in [0.3, 0.4) is 0 Å². The predicted molar refractivity (Wildman–Crippen MR) is 114 cm³/mol. The number of rotatable bonds is 7. The maximum absolute atomic E-state index is 13.2. The number of nitrogens with one attached hydrogen (secondary N) is 2. The van der Waals surface area contributed by atoms with Gasteiger partial charge in [0.1, 0.15) is 5.82 Å². The van der Waals surface area contributed by atoms with E-state index in [4.69, 9.17) is 0 Å². The molecule has 6 nitrogen and oxygen atoms in total. The summed E-state index contributed by atoms with van der Waals surface area (Å²) >= 11 is 0. The van der Waals surface area contributed by atoms with Crippen LogP contribution in [0.1, 0.15) is 41.0 Å². The van der Waals surface area contributed by atoms with Crippen molar-refractivity contribution in [3.05, 3.63) is 30.1 Å². The summed E-state index contributed by atoms with van der Waals surface area (Å²) in [6.07, 6.45) is 0.903. The normalized spacial score (nSPS) is 16.5. The average Bonchev–Trinajstić information content (AvgIpc) is 2.53. The Hall–Kier alpha value is -1.99. The standard InChI is InChI=1S/C22H35FN4O2/c1-21(2,3)16-22(4,5)25-20(29)15-27-11-9-26(10-12-27)14-19(28)24-18-8-6-7-17(23)13-18/h6-8,13H,9-12,14-16H2,1-5H3,(H,24,28)(H,25,29). The Bertz CT molecular complexity index is 707. The van der Waals surface area contributed by atoms with Gasteiger partial charge in [0.25, 0.3) is 0 Å². The first-order chi connectivity index (χ1) is 13.4. The van der Waals surface area contributed by atoms with Crippen molar-refractivity contribution in [1.29, 1.82) is 0 Å². The van der Waals surface area contributed by atoms with E-state index in [0.717, 1.165) is 32.6 Å². The molecule has 1 aliphatic heterocycles. The van der Waals surface area contributed by atoms with Crippen LogP contribution in [0.15, 0.2) is 24.3 Å². The van der Waals surface area contributed by atoms with Crippen LogP contribution in [0.25, 0.3) is 0 Å². The van der Waals surface area contributed by atoms with Crippen LogP contribution in [0.4, 0.5) is 10.1 Å². The van der Waals surface area contributed by atoms with Crippen LogP contribution in [-0.2, 0) is 9.59 Å². The molecule has 0 unspecified atom stereocenters. The van der Waals surface area contributed by atoms with Gasteiger partial charge in [-0.15, -0.1) is 0 Å². The fourth-order valence-corrected chi connectivity index (χ4v) is 4.07. The van der Waals surface area contributed by atoms with Crippen LogP contribution in [0, 0.1) is 11.2 Å². The second-order valence-electron chi connectivity index (χ2n) is 9.78. The van der Waals surface area contributed by atoms with E-state index in [9.17, 15) is 14.0 Å². The fraction of sp³-hybridized carbons (Fsp3) is 0.636. The molecule has 1 fully saturated rings. The number of carbonyl (C=O) groups excluding carboxylic acids is 2. The number of anilines is 1. The summed E-state index contributed by atoms with van der Waals surface area (Å²) in [6.45, 7) is 14.2. The van der Waals surface area contributed by atoms with Crippen molar-refractivity contribution in [3.8, 4) is 0 Å². The summed E-state index contributed by atoms with van der Waals surface area (Å²) in [7, 11) is 0. The van der Waals surface area contributed by atoms with Crippen LogP contribution >= 0.6 is 0 Å². The topological polar surface area (TPSA) is 64.7 Å². The lowest BCUT2D eigenvalue weighted by Crippen LogP contribution is -2.53. The molecule has 2 rings (SSSR count). The zero-order chi connectivity index (χ0) is 21.7. The van der Waals surface area contributed by atoms with E-state index in [1.165, 1.54) is 12.1 Å². The third-order valence-corrected chi connectivity index (χ3v) is 4.76. The van der Waals surface area contributed by atoms with E-state index in [2.05, 4.69) is 50.2 Å². The van der Waals surface area contributed by atoms with E-state index in [1.54, 1.807) is 12.1 Å². The molecule has 0 aliphatic carbocycles. The van der Waals surface area contributed by atoms with Gasteiger partial charge >= 0.3 is 0 Å². The number of amides is 2. The van der Waals surface area contributed by atoms with Crippen molar-refractivity contribution in [2.75, 3.05) is 44.6 Å². The second kappa shape index (κ2) is 9.67. The predicted octanol–water partition coefficient (Wildman–Crippen LogP) is 2.71. The summed E-state index contributed by atoms with van der Waals surface area (Å²) in [5, 5.41) is 5.87. The second-order valence-corrected chi connectivity index (χ2v) is 9.78. The van der Waals surface area contributed by atoms with Gasteiger partial charge in [0.2, 0.25) is 11.8 Å². The van der Waals surface area contributed by atoms with Crippen LogP contribution in [-0.4, -0.2) is 66.4 Å². The van der Waals surface area contributed by atoms with E-state index in [1.807, 2.05) is 4.90 Å². The van der Waals surface area contributed by atoms with Gasteiger partial charge in [-0.05, 0) is 43.9 Å². The molecule has 0 aromatic heterocycles. The quantitative estimate of drug-likeness (QED) is 0.731. The van der Waals surface area contributed by atoms with Gasteiger partial charge in [-0.25, -0.2) is 4.39 Å². The highest BCUT2D eigenvalue weighted by Crippen LogP contribution is 2.26. The first-order valence-corrected chi connectivity index (χ1v) is 10.2. The summed E-state index contributed by atoms with van der Waals surface area (Å²) in [6, 6.07) is 5.88. The number of halogens is 1. The summed E-state index contributed by atoms with van der Waals surface area (Å²) < 4.78 is 13.2. The molecule has 7 heteroatoms. The van der Waals surface area contributed by atoms with E-state index in [-0.39, 0.29) is 35.1 Å². The molecule has 1 saturated heterocycles. The molecule has 1 aliphatic rings. The van der Waals surface area contributed by atoms with Crippen molar-refractivity contribution < 1.29 is 14.0 Å². The number of benzene rings is 1. The highest BCUT2D eigenvalue weighted by atomic mass is 19.1. The van der Waals surface area contributed by atoms with Crippen LogP contribution in [0.2, 0.25) is 0 Å².